The van der Waals surface area contributed by atoms with Crippen molar-refractivity contribution in [3.8, 4) is 33.6 Å². The van der Waals surface area contributed by atoms with Crippen molar-refractivity contribution in [2.45, 2.75) is 6.92 Å². The maximum Gasteiger partial charge on any atom is 0.0541 e. The molecule has 0 aliphatic carbocycles. The van der Waals surface area contributed by atoms with Crippen LogP contribution >= 0.6 is 0 Å². The highest BCUT2D eigenvalue weighted by atomic mass is 15.0. The lowest BCUT2D eigenvalue weighted by atomic mass is 10.0. The molecule has 2 nitrogen and oxygen atoms in total. The van der Waals surface area contributed by atoms with Crippen LogP contribution in [0.3, 0.4) is 0 Å². The van der Waals surface area contributed by atoms with Crippen molar-refractivity contribution >= 4 is 49.2 Å². The number of allylic oxidation sites excluding steroid dienone is 5. The molecular weight excluding hydrogens is 617 g/mol. The summed E-state index contributed by atoms with van der Waals surface area (Å²) in [7, 11) is 0. The summed E-state index contributed by atoms with van der Waals surface area (Å²) in [4.78, 5) is 0. The molecule has 0 spiro atoms. The zero-order valence-electron chi connectivity index (χ0n) is 28.5. The van der Waals surface area contributed by atoms with E-state index in [-0.39, 0.29) is 0 Å². The number of rotatable bonds is 7. The molecule has 0 fully saturated rings. The van der Waals surface area contributed by atoms with E-state index in [9.17, 15) is 0 Å². The molecule has 2 heterocycles. The van der Waals surface area contributed by atoms with Crippen molar-refractivity contribution in [2.24, 2.45) is 0 Å². The zero-order chi connectivity index (χ0) is 34.3. The third-order valence-corrected chi connectivity index (χ3v) is 10.0. The fourth-order valence-electron chi connectivity index (χ4n) is 7.73. The van der Waals surface area contributed by atoms with E-state index in [0.717, 1.165) is 11.3 Å². The van der Waals surface area contributed by atoms with Gasteiger partial charge in [0.2, 0.25) is 0 Å². The highest BCUT2D eigenvalue weighted by molar-refractivity contribution is 6.13. The van der Waals surface area contributed by atoms with Crippen LogP contribution in [0.1, 0.15) is 12.5 Å². The fourth-order valence-corrected chi connectivity index (χ4v) is 7.73. The number of benzene rings is 7. The summed E-state index contributed by atoms with van der Waals surface area (Å²) >= 11 is 0. The third-order valence-electron chi connectivity index (χ3n) is 10.0. The molecule has 9 rings (SSSR count). The van der Waals surface area contributed by atoms with Gasteiger partial charge in [0.1, 0.15) is 0 Å². The Labute approximate surface area is 298 Å². The normalized spacial score (nSPS) is 12.1. The summed E-state index contributed by atoms with van der Waals surface area (Å²) in [6, 6.07) is 59.6. The van der Waals surface area contributed by atoms with Crippen LogP contribution in [0.4, 0.5) is 0 Å². The summed E-state index contributed by atoms with van der Waals surface area (Å²) in [6.07, 6.45) is 8.08. The van der Waals surface area contributed by atoms with Crippen LogP contribution in [-0.2, 0) is 0 Å². The van der Waals surface area contributed by atoms with E-state index in [0.29, 0.717) is 0 Å². The van der Waals surface area contributed by atoms with Gasteiger partial charge in [0.25, 0.3) is 0 Å². The number of hydrogen-bond donors (Lipinski definition) is 0. The lowest BCUT2D eigenvalue weighted by Gasteiger charge is -2.14. The predicted molar refractivity (Wildman–Crippen MR) is 219 cm³/mol. The topological polar surface area (TPSA) is 9.86 Å². The summed E-state index contributed by atoms with van der Waals surface area (Å²) < 4.78 is 4.80. The van der Waals surface area contributed by atoms with Crippen LogP contribution in [0.25, 0.3) is 82.8 Å². The van der Waals surface area contributed by atoms with Crippen LogP contribution in [0, 0.1) is 0 Å². The SMILES string of the molecule is C=C/C=C(\C=C/C)c1ccc(-n2c3ccccc3c3cc(-c4ccc5c(c4)c4ccccc4n5-c4ccccc4-c4ccccc4)ccc32)cc1. The summed E-state index contributed by atoms with van der Waals surface area (Å²) in [5, 5.41) is 4.98. The molecule has 2 aromatic heterocycles. The van der Waals surface area contributed by atoms with Gasteiger partial charge in [0.15, 0.2) is 0 Å². The molecule has 0 N–H and O–H groups in total. The molecular formula is C49H36N2. The third kappa shape index (κ3) is 5.12. The van der Waals surface area contributed by atoms with Crippen LogP contribution in [-0.4, -0.2) is 9.13 Å². The molecule has 7 aromatic carbocycles. The molecule has 0 aliphatic rings. The Kier molecular flexibility index (Phi) is 7.56. The maximum absolute atomic E-state index is 3.90. The van der Waals surface area contributed by atoms with Crippen molar-refractivity contribution in [1.29, 1.82) is 0 Å². The van der Waals surface area contributed by atoms with Gasteiger partial charge in [0, 0.05) is 32.8 Å². The minimum absolute atomic E-state index is 1.14. The minimum Gasteiger partial charge on any atom is -0.309 e. The Morgan fingerprint density at radius 2 is 1.04 bits per heavy atom. The lowest BCUT2D eigenvalue weighted by molar-refractivity contribution is 1.18. The van der Waals surface area contributed by atoms with Crippen molar-refractivity contribution in [3.05, 3.63) is 200 Å². The quantitative estimate of drug-likeness (QED) is 0.152. The predicted octanol–water partition coefficient (Wildman–Crippen LogP) is 13.4. The summed E-state index contributed by atoms with van der Waals surface area (Å²) in [5.74, 6) is 0. The second-order valence-corrected chi connectivity index (χ2v) is 13.0. The molecule has 0 aliphatic heterocycles. The first kappa shape index (κ1) is 30.4. The fraction of sp³-hybridized carbons (Fsp3) is 0.0204. The smallest absolute Gasteiger partial charge is 0.0541 e. The summed E-state index contributed by atoms with van der Waals surface area (Å²) in [5.41, 5.74) is 14.3. The highest BCUT2D eigenvalue weighted by Gasteiger charge is 2.17. The number of aromatic nitrogens is 2. The number of para-hydroxylation sites is 3. The molecule has 0 bridgehead atoms. The van der Waals surface area contributed by atoms with E-state index in [1.165, 1.54) is 77.1 Å². The van der Waals surface area contributed by atoms with E-state index < -0.39 is 0 Å². The molecule has 2 heteroatoms. The Bertz CT molecular complexity index is 2810. The van der Waals surface area contributed by atoms with Crippen LogP contribution < -0.4 is 0 Å². The second kappa shape index (κ2) is 12.7. The van der Waals surface area contributed by atoms with Gasteiger partial charge in [-0.2, -0.15) is 0 Å². The molecule has 9 aromatic rings. The first-order valence-electron chi connectivity index (χ1n) is 17.5. The van der Waals surface area contributed by atoms with Gasteiger partial charge in [-0.15, -0.1) is 0 Å². The molecule has 0 saturated carbocycles. The molecule has 0 unspecified atom stereocenters. The van der Waals surface area contributed by atoms with Gasteiger partial charge in [-0.3, -0.25) is 0 Å². The van der Waals surface area contributed by atoms with E-state index in [4.69, 9.17) is 0 Å². The van der Waals surface area contributed by atoms with E-state index >= 15 is 0 Å². The van der Waals surface area contributed by atoms with Crippen molar-refractivity contribution in [3.63, 3.8) is 0 Å². The Morgan fingerprint density at radius 1 is 0.490 bits per heavy atom. The van der Waals surface area contributed by atoms with Crippen molar-refractivity contribution in [2.75, 3.05) is 0 Å². The van der Waals surface area contributed by atoms with Crippen LogP contribution in [0.15, 0.2) is 195 Å². The highest BCUT2D eigenvalue weighted by Crippen LogP contribution is 2.40. The lowest BCUT2D eigenvalue weighted by Crippen LogP contribution is -1.97. The standard InChI is InChI=1S/C49H36N2/c1-3-14-34(15-4-2)35-24-28-39(29-25-35)50-46-22-12-9-19-41(46)43-32-37(26-30-48(43)50)38-27-31-49-44(33-38)42-20-10-13-23-47(42)51(49)45-21-11-8-18-40(45)36-16-6-5-7-17-36/h3-33H,1H2,2H3/b15-4-,34-14+. The average molecular weight is 653 g/mol. The van der Waals surface area contributed by atoms with Gasteiger partial charge in [-0.25, -0.2) is 0 Å². The molecule has 0 radical (unpaired) electrons. The van der Waals surface area contributed by atoms with E-state index in [1.807, 2.05) is 13.0 Å². The Balaban J connectivity index is 1.19. The zero-order valence-corrected chi connectivity index (χ0v) is 28.5. The second-order valence-electron chi connectivity index (χ2n) is 13.0. The monoisotopic (exact) mass is 652 g/mol. The van der Waals surface area contributed by atoms with Gasteiger partial charge in [0.05, 0.1) is 27.8 Å². The van der Waals surface area contributed by atoms with Gasteiger partial charge in [-0.05, 0) is 89.3 Å². The van der Waals surface area contributed by atoms with E-state index in [2.05, 4.69) is 198 Å². The van der Waals surface area contributed by atoms with Gasteiger partial charge >= 0.3 is 0 Å². The number of hydrogen-bond acceptors (Lipinski definition) is 0. The van der Waals surface area contributed by atoms with Crippen LogP contribution in [0.5, 0.6) is 0 Å². The largest absolute Gasteiger partial charge is 0.309 e. The number of fused-ring (bicyclic) bond motifs is 6. The summed E-state index contributed by atoms with van der Waals surface area (Å²) in [6.45, 7) is 5.95. The molecule has 242 valence electrons. The Hall–Kier alpha value is -6.64. The van der Waals surface area contributed by atoms with Gasteiger partial charge in [-0.1, -0.05) is 140 Å². The van der Waals surface area contributed by atoms with E-state index in [1.54, 1.807) is 0 Å². The van der Waals surface area contributed by atoms with Crippen LogP contribution in [0.2, 0.25) is 0 Å². The maximum atomic E-state index is 3.90. The minimum atomic E-state index is 1.14. The molecule has 0 atom stereocenters. The first-order chi connectivity index (χ1) is 25.2. The first-order valence-corrected chi connectivity index (χ1v) is 17.5. The Morgan fingerprint density at radius 3 is 1.69 bits per heavy atom. The molecule has 0 saturated heterocycles. The number of nitrogens with zero attached hydrogens (tertiary/aromatic N) is 2. The van der Waals surface area contributed by atoms with Crippen molar-refractivity contribution < 1.29 is 0 Å². The van der Waals surface area contributed by atoms with Crippen molar-refractivity contribution in [1.82, 2.24) is 9.13 Å². The molecule has 0 amide bonds. The van der Waals surface area contributed by atoms with Gasteiger partial charge < -0.3 is 9.13 Å². The molecule has 51 heavy (non-hydrogen) atoms. The average Bonchev–Trinajstić information content (AvgIpc) is 3.70.